The predicted molar refractivity (Wildman–Crippen MR) is 60.3 cm³/mol. The first-order valence-corrected chi connectivity index (χ1v) is 4.34. The summed E-state index contributed by atoms with van der Waals surface area (Å²) in [7, 11) is 0. The average Bonchev–Trinajstić information content (AvgIpc) is 2.25. The lowest BCUT2D eigenvalue weighted by Crippen LogP contribution is -1.97. The van der Waals surface area contributed by atoms with Gasteiger partial charge in [0.25, 0.3) is 0 Å². The van der Waals surface area contributed by atoms with Crippen LogP contribution in [0.2, 0.25) is 0 Å². The Morgan fingerprint density at radius 3 is 3.00 bits per heavy atom. The molecule has 0 atom stereocenters. The maximum absolute atomic E-state index is 4.11. The zero-order valence-corrected chi connectivity index (χ0v) is 8.14. The molecule has 0 aliphatic rings. The number of nitrogens with zero attached hydrogens (tertiary/aromatic N) is 2. The fourth-order valence-electron chi connectivity index (χ4n) is 0.889. The van der Waals surface area contributed by atoms with Crippen molar-refractivity contribution in [2.24, 2.45) is 4.99 Å². The van der Waals surface area contributed by atoms with Crippen LogP contribution in [0, 0.1) is 0 Å². The molecular weight excluding hydrogens is 174 g/mol. The van der Waals surface area contributed by atoms with Gasteiger partial charge in [0.15, 0.2) is 0 Å². The number of nitrogens with one attached hydrogen (secondary N) is 1. The summed E-state index contributed by atoms with van der Waals surface area (Å²) in [5, 5.41) is 3.03. The number of anilines is 1. The van der Waals surface area contributed by atoms with Crippen LogP contribution in [-0.4, -0.2) is 11.7 Å². The van der Waals surface area contributed by atoms with E-state index in [1.54, 1.807) is 6.20 Å². The maximum Gasteiger partial charge on any atom is 0.131 e. The first-order chi connectivity index (χ1) is 6.86. The van der Waals surface area contributed by atoms with E-state index in [0.29, 0.717) is 5.82 Å². The van der Waals surface area contributed by atoms with Gasteiger partial charge in [-0.2, -0.15) is 0 Å². The number of pyridine rings is 1. The minimum Gasteiger partial charge on any atom is -0.325 e. The Kier molecular flexibility index (Phi) is 4.14. The second-order valence-electron chi connectivity index (χ2n) is 2.58. The molecule has 1 aromatic rings. The Bertz CT molecular complexity index is 339. The third kappa shape index (κ3) is 3.23. The van der Waals surface area contributed by atoms with Crippen LogP contribution in [0.1, 0.15) is 6.92 Å². The van der Waals surface area contributed by atoms with Crippen LogP contribution in [0.5, 0.6) is 0 Å². The molecule has 0 bridgehead atoms. The van der Waals surface area contributed by atoms with Crippen molar-refractivity contribution in [1.82, 2.24) is 4.98 Å². The molecule has 0 saturated carbocycles. The molecular formula is C11H13N3. The summed E-state index contributed by atoms with van der Waals surface area (Å²) in [5.41, 5.74) is 0. The van der Waals surface area contributed by atoms with Crippen LogP contribution in [0.25, 0.3) is 0 Å². The molecule has 0 radical (unpaired) electrons. The van der Waals surface area contributed by atoms with Gasteiger partial charge in [0.05, 0.1) is 0 Å². The molecule has 0 aliphatic heterocycles. The molecule has 0 saturated heterocycles. The molecule has 14 heavy (non-hydrogen) atoms. The van der Waals surface area contributed by atoms with Crippen molar-refractivity contribution in [3.05, 3.63) is 48.4 Å². The van der Waals surface area contributed by atoms with Gasteiger partial charge in [-0.25, -0.2) is 9.98 Å². The van der Waals surface area contributed by atoms with Crippen molar-refractivity contribution in [1.29, 1.82) is 0 Å². The zero-order chi connectivity index (χ0) is 10.2. The lowest BCUT2D eigenvalue weighted by atomic mass is 10.4. The van der Waals surface area contributed by atoms with Crippen molar-refractivity contribution in [3.63, 3.8) is 0 Å². The highest BCUT2D eigenvalue weighted by molar-refractivity contribution is 5.44. The molecule has 1 heterocycles. The maximum atomic E-state index is 4.11. The summed E-state index contributed by atoms with van der Waals surface area (Å²) in [6, 6.07) is 5.64. The van der Waals surface area contributed by atoms with Gasteiger partial charge in [0, 0.05) is 6.20 Å². The van der Waals surface area contributed by atoms with Crippen molar-refractivity contribution in [3.8, 4) is 0 Å². The molecule has 0 aliphatic carbocycles. The Balaban J connectivity index is 2.71. The highest BCUT2D eigenvalue weighted by Crippen LogP contribution is 2.05. The fourth-order valence-corrected chi connectivity index (χ4v) is 0.889. The number of hydrogen-bond donors (Lipinski definition) is 1. The Morgan fingerprint density at radius 2 is 2.43 bits per heavy atom. The average molecular weight is 187 g/mol. The van der Waals surface area contributed by atoms with E-state index in [9.17, 15) is 0 Å². The second-order valence-corrected chi connectivity index (χ2v) is 2.58. The topological polar surface area (TPSA) is 37.3 Å². The summed E-state index contributed by atoms with van der Waals surface area (Å²) in [4.78, 5) is 7.94. The Labute approximate surface area is 83.9 Å². The predicted octanol–water partition coefficient (Wildman–Crippen LogP) is 2.61. The number of aliphatic imine (C=N–C) groups is 1. The molecule has 1 rings (SSSR count). The lowest BCUT2D eigenvalue weighted by molar-refractivity contribution is 1.23. The van der Waals surface area contributed by atoms with E-state index < -0.39 is 0 Å². The van der Waals surface area contributed by atoms with Crippen LogP contribution < -0.4 is 5.32 Å². The molecule has 0 spiro atoms. The minimum atomic E-state index is 0.682. The highest BCUT2D eigenvalue weighted by atomic mass is 15.1. The highest BCUT2D eigenvalue weighted by Gasteiger charge is 1.92. The Morgan fingerprint density at radius 1 is 1.57 bits per heavy atom. The Hall–Kier alpha value is -1.90. The van der Waals surface area contributed by atoms with Gasteiger partial charge >= 0.3 is 0 Å². The van der Waals surface area contributed by atoms with E-state index in [0.717, 1.165) is 5.82 Å². The van der Waals surface area contributed by atoms with Gasteiger partial charge in [-0.1, -0.05) is 18.2 Å². The molecule has 0 amide bonds. The molecule has 3 nitrogen and oxygen atoms in total. The summed E-state index contributed by atoms with van der Waals surface area (Å²) in [6.07, 6.45) is 7.37. The third-order valence-corrected chi connectivity index (χ3v) is 1.54. The molecule has 0 unspecified atom stereocenters. The summed E-state index contributed by atoms with van der Waals surface area (Å²) < 4.78 is 0. The minimum absolute atomic E-state index is 0.682. The normalized spacial score (nSPS) is 11.6. The van der Waals surface area contributed by atoms with E-state index in [1.807, 2.05) is 43.4 Å². The standard InChI is InChI=1S/C11H13N3/c1-3-4-7-10(12-2)14-11-8-5-6-9-13-11/h3-9H,2H2,1H3,(H,13,14)/b4-3-,10-7+. The lowest BCUT2D eigenvalue weighted by Gasteiger charge is -2.03. The van der Waals surface area contributed by atoms with Crippen molar-refractivity contribution < 1.29 is 0 Å². The number of rotatable bonds is 4. The van der Waals surface area contributed by atoms with E-state index in [-0.39, 0.29) is 0 Å². The molecule has 0 fully saturated rings. The van der Waals surface area contributed by atoms with Gasteiger partial charge in [-0.3, -0.25) is 0 Å². The SMILES string of the molecule is C=N/C(=C\C=C/C)Nc1ccccn1. The van der Waals surface area contributed by atoms with Crippen LogP contribution in [-0.2, 0) is 0 Å². The molecule has 0 aromatic carbocycles. The van der Waals surface area contributed by atoms with E-state index in [1.165, 1.54) is 0 Å². The number of hydrogen-bond acceptors (Lipinski definition) is 3. The largest absolute Gasteiger partial charge is 0.325 e. The number of aromatic nitrogens is 1. The van der Waals surface area contributed by atoms with Gasteiger partial charge in [-0.05, 0) is 31.9 Å². The summed E-state index contributed by atoms with van der Waals surface area (Å²) in [6.45, 7) is 5.41. The van der Waals surface area contributed by atoms with Crippen molar-refractivity contribution >= 4 is 12.5 Å². The third-order valence-electron chi connectivity index (χ3n) is 1.54. The first-order valence-electron chi connectivity index (χ1n) is 4.34. The molecule has 72 valence electrons. The van der Waals surface area contributed by atoms with Gasteiger partial charge in [0.2, 0.25) is 0 Å². The first kappa shape index (κ1) is 10.2. The van der Waals surface area contributed by atoms with Crippen molar-refractivity contribution in [2.75, 3.05) is 5.32 Å². The number of allylic oxidation sites excluding steroid dienone is 3. The molecule has 1 aromatic heterocycles. The monoisotopic (exact) mass is 187 g/mol. The van der Waals surface area contributed by atoms with Crippen LogP contribution in [0.4, 0.5) is 5.82 Å². The van der Waals surface area contributed by atoms with Gasteiger partial charge in [0.1, 0.15) is 11.6 Å². The molecule has 1 N–H and O–H groups in total. The molecule has 3 heteroatoms. The van der Waals surface area contributed by atoms with Crippen molar-refractivity contribution in [2.45, 2.75) is 6.92 Å². The van der Waals surface area contributed by atoms with Crippen LogP contribution >= 0.6 is 0 Å². The van der Waals surface area contributed by atoms with E-state index in [4.69, 9.17) is 0 Å². The van der Waals surface area contributed by atoms with Crippen LogP contribution in [0.15, 0.2) is 53.4 Å². The van der Waals surface area contributed by atoms with Gasteiger partial charge < -0.3 is 5.32 Å². The zero-order valence-electron chi connectivity index (χ0n) is 8.14. The van der Waals surface area contributed by atoms with Crippen LogP contribution in [0.3, 0.4) is 0 Å². The van der Waals surface area contributed by atoms with Gasteiger partial charge in [-0.15, -0.1) is 0 Å². The van der Waals surface area contributed by atoms with E-state index in [2.05, 4.69) is 22.0 Å². The summed E-state index contributed by atoms with van der Waals surface area (Å²) in [5.74, 6) is 1.44. The van der Waals surface area contributed by atoms with E-state index >= 15 is 0 Å². The quantitative estimate of drug-likeness (QED) is 0.581. The summed E-state index contributed by atoms with van der Waals surface area (Å²) >= 11 is 0. The second kappa shape index (κ2) is 5.70. The fraction of sp³-hybridized carbons (Fsp3) is 0.0909. The smallest absolute Gasteiger partial charge is 0.131 e.